The predicted octanol–water partition coefficient (Wildman–Crippen LogP) is 6.54. The normalized spacial score (nSPS) is 13.4. The number of aromatic nitrogens is 1. The fraction of sp³-hybridized carbons (Fsp3) is 0.0800. The average molecular weight is 377 g/mol. The first-order valence-electron chi connectivity index (χ1n) is 9.77. The Hall–Kier alpha value is -3.79. The smallest absolute Gasteiger partial charge is 0.227 e. The van der Waals surface area contributed by atoms with Crippen molar-refractivity contribution in [2.45, 2.75) is 6.92 Å². The van der Waals surface area contributed by atoms with Crippen LogP contribution >= 0.6 is 0 Å². The van der Waals surface area contributed by atoms with Crippen molar-refractivity contribution in [2.24, 2.45) is 0 Å². The first kappa shape index (κ1) is 16.2. The molecular formula is C25H19N3O. The molecular weight excluding hydrogens is 358 g/mol. The van der Waals surface area contributed by atoms with Crippen molar-refractivity contribution in [3.8, 4) is 0 Å². The topological polar surface area (TPSA) is 32.5 Å². The van der Waals surface area contributed by atoms with E-state index in [1.807, 2.05) is 6.07 Å². The lowest BCUT2D eigenvalue weighted by Gasteiger charge is -2.23. The molecule has 0 saturated heterocycles. The van der Waals surface area contributed by atoms with E-state index in [0.29, 0.717) is 5.71 Å². The highest BCUT2D eigenvalue weighted by Crippen LogP contribution is 2.47. The van der Waals surface area contributed by atoms with E-state index in [4.69, 9.17) is 4.42 Å². The summed E-state index contributed by atoms with van der Waals surface area (Å²) in [6.45, 7) is 2.87. The summed E-state index contributed by atoms with van der Waals surface area (Å²) in [6, 6.07) is 27.4. The van der Waals surface area contributed by atoms with E-state index in [0.717, 1.165) is 28.7 Å². The van der Waals surface area contributed by atoms with Gasteiger partial charge in [0.25, 0.3) is 0 Å². The van der Waals surface area contributed by atoms with Crippen molar-refractivity contribution >= 4 is 44.8 Å². The monoisotopic (exact) mass is 377 g/mol. The summed E-state index contributed by atoms with van der Waals surface area (Å²) in [5, 5.41) is 2.15. The lowest BCUT2D eigenvalue weighted by molar-refractivity contribution is 0.653. The van der Waals surface area contributed by atoms with Crippen molar-refractivity contribution < 1.29 is 4.42 Å². The number of fused-ring (bicyclic) bond motifs is 4. The van der Waals surface area contributed by atoms with Crippen LogP contribution in [-0.4, -0.2) is 11.7 Å². The van der Waals surface area contributed by atoms with Crippen LogP contribution in [0.25, 0.3) is 22.1 Å². The fourth-order valence-corrected chi connectivity index (χ4v) is 4.33. The second-order valence-electron chi connectivity index (χ2n) is 7.39. The third kappa shape index (κ3) is 2.36. The zero-order chi connectivity index (χ0) is 19.4. The Morgan fingerprint density at radius 1 is 0.759 bits per heavy atom. The number of hydrogen-bond donors (Lipinski definition) is 0. The van der Waals surface area contributed by atoms with Crippen LogP contribution in [0.1, 0.15) is 5.56 Å². The van der Waals surface area contributed by atoms with Gasteiger partial charge in [0.05, 0.1) is 17.1 Å². The summed E-state index contributed by atoms with van der Waals surface area (Å²) in [5.41, 5.74) is 7.42. The van der Waals surface area contributed by atoms with Gasteiger partial charge in [-0.05, 0) is 48.9 Å². The molecule has 3 aromatic carbocycles. The van der Waals surface area contributed by atoms with Crippen molar-refractivity contribution in [3.63, 3.8) is 0 Å². The molecule has 2 aromatic heterocycles. The van der Waals surface area contributed by atoms with Gasteiger partial charge >= 0.3 is 0 Å². The molecule has 140 valence electrons. The van der Waals surface area contributed by atoms with Gasteiger partial charge in [-0.25, -0.2) is 4.98 Å². The second-order valence-corrected chi connectivity index (χ2v) is 7.39. The molecule has 4 nitrogen and oxygen atoms in total. The molecule has 0 radical (unpaired) electrons. The van der Waals surface area contributed by atoms with E-state index in [-0.39, 0.29) is 0 Å². The molecule has 29 heavy (non-hydrogen) atoms. The van der Waals surface area contributed by atoms with Gasteiger partial charge in [-0.15, -0.1) is 0 Å². The molecule has 0 saturated carbocycles. The van der Waals surface area contributed by atoms with Crippen molar-refractivity contribution in [2.75, 3.05) is 16.5 Å². The van der Waals surface area contributed by atoms with E-state index in [2.05, 4.69) is 94.5 Å². The fourth-order valence-electron chi connectivity index (χ4n) is 4.33. The molecule has 3 heterocycles. The number of nitrogens with zero attached hydrogens (tertiary/aromatic N) is 3. The van der Waals surface area contributed by atoms with Crippen molar-refractivity contribution in [3.05, 3.63) is 90.6 Å². The summed E-state index contributed by atoms with van der Waals surface area (Å²) < 4.78 is 6.26. The average Bonchev–Trinajstić information content (AvgIpc) is 3.33. The van der Waals surface area contributed by atoms with E-state index >= 15 is 0 Å². The van der Waals surface area contributed by atoms with E-state index in [1.165, 1.54) is 22.6 Å². The molecule has 0 spiro atoms. The van der Waals surface area contributed by atoms with E-state index < -0.39 is 0 Å². The highest BCUT2D eigenvalue weighted by molar-refractivity contribution is 6.10. The molecule has 0 amide bonds. The Labute approximate surface area is 168 Å². The van der Waals surface area contributed by atoms with Crippen LogP contribution in [0.4, 0.5) is 22.7 Å². The summed E-state index contributed by atoms with van der Waals surface area (Å²) in [5.74, 6) is 0. The van der Waals surface area contributed by atoms with E-state index in [1.54, 1.807) is 6.20 Å². The Balaban J connectivity index is 1.59. The molecule has 0 atom stereocenters. The first-order chi connectivity index (χ1) is 14.3. The largest absolute Gasteiger partial charge is 0.435 e. The van der Waals surface area contributed by atoms with Crippen molar-refractivity contribution in [1.82, 2.24) is 4.98 Å². The maximum Gasteiger partial charge on any atom is 0.227 e. The predicted molar refractivity (Wildman–Crippen MR) is 118 cm³/mol. The Morgan fingerprint density at radius 2 is 1.52 bits per heavy atom. The first-order valence-corrected chi connectivity index (χ1v) is 9.77. The number of furan rings is 1. The number of para-hydroxylation sites is 3. The molecule has 6 rings (SSSR count). The Morgan fingerprint density at radius 3 is 2.34 bits per heavy atom. The summed E-state index contributed by atoms with van der Waals surface area (Å²) in [4.78, 5) is 9.12. The molecule has 0 N–H and O–H groups in total. The minimum absolute atomic E-state index is 0.682. The SMILES string of the molecule is Cc1ccc2c(oc3ncccc32)c1N1CN(c2ccccc2)c2ccccc21. The van der Waals surface area contributed by atoms with Crippen LogP contribution in [0.15, 0.2) is 89.5 Å². The third-order valence-corrected chi connectivity index (χ3v) is 5.68. The molecule has 0 bridgehead atoms. The van der Waals surface area contributed by atoms with Gasteiger partial charge in [0, 0.05) is 22.7 Å². The highest BCUT2D eigenvalue weighted by atomic mass is 16.3. The molecule has 1 aliphatic rings. The number of benzene rings is 3. The number of pyridine rings is 1. The van der Waals surface area contributed by atoms with Gasteiger partial charge < -0.3 is 14.2 Å². The Bertz CT molecular complexity index is 1360. The van der Waals surface area contributed by atoms with Gasteiger partial charge in [-0.3, -0.25) is 0 Å². The summed E-state index contributed by atoms with van der Waals surface area (Å²) in [7, 11) is 0. The summed E-state index contributed by atoms with van der Waals surface area (Å²) in [6.07, 6.45) is 1.78. The van der Waals surface area contributed by atoms with E-state index in [9.17, 15) is 0 Å². The zero-order valence-corrected chi connectivity index (χ0v) is 16.0. The molecule has 0 aliphatic carbocycles. The maximum atomic E-state index is 6.26. The number of hydrogen-bond acceptors (Lipinski definition) is 4. The zero-order valence-electron chi connectivity index (χ0n) is 16.0. The van der Waals surface area contributed by atoms with Crippen LogP contribution in [0.5, 0.6) is 0 Å². The van der Waals surface area contributed by atoms with Crippen LogP contribution < -0.4 is 9.80 Å². The number of rotatable bonds is 2. The molecule has 0 fully saturated rings. The number of anilines is 4. The van der Waals surface area contributed by atoms with Crippen LogP contribution in [0.2, 0.25) is 0 Å². The standard InChI is InChI=1S/C25H19N3O/c1-17-13-14-19-20-10-7-15-26-25(20)29-24(19)23(17)28-16-27(18-8-3-2-4-9-18)21-11-5-6-12-22(21)28/h2-15H,16H2,1H3. The van der Waals surface area contributed by atoms with Gasteiger partial charge in [0.1, 0.15) is 6.67 Å². The number of aryl methyl sites for hydroxylation is 1. The van der Waals surface area contributed by atoms with Crippen LogP contribution in [0, 0.1) is 6.92 Å². The van der Waals surface area contributed by atoms with Crippen molar-refractivity contribution in [1.29, 1.82) is 0 Å². The van der Waals surface area contributed by atoms with Gasteiger partial charge in [-0.2, -0.15) is 0 Å². The maximum absolute atomic E-state index is 6.26. The molecule has 1 aliphatic heterocycles. The molecule has 0 unspecified atom stereocenters. The minimum Gasteiger partial charge on any atom is -0.435 e. The van der Waals surface area contributed by atoms with Gasteiger partial charge in [0.15, 0.2) is 5.58 Å². The lowest BCUT2D eigenvalue weighted by Crippen LogP contribution is -2.24. The third-order valence-electron chi connectivity index (χ3n) is 5.68. The van der Waals surface area contributed by atoms with Crippen LogP contribution in [-0.2, 0) is 0 Å². The second kappa shape index (κ2) is 6.11. The van der Waals surface area contributed by atoms with Crippen LogP contribution in [0.3, 0.4) is 0 Å². The quantitative estimate of drug-likeness (QED) is 0.350. The lowest BCUT2D eigenvalue weighted by atomic mass is 10.1. The molecule has 5 aromatic rings. The minimum atomic E-state index is 0.682. The van der Waals surface area contributed by atoms with Gasteiger partial charge in [-0.1, -0.05) is 42.5 Å². The molecule has 4 heteroatoms. The summed E-state index contributed by atoms with van der Waals surface area (Å²) >= 11 is 0. The van der Waals surface area contributed by atoms with Gasteiger partial charge in [0.2, 0.25) is 5.71 Å². The highest BCUT2D eigenvalue weighted by Gasteiger charge is 2.30. The Kier molecular flexibility index (Phi) is 3.41.